The second-order valence-electron chi connectivity index (χ2n) is 10.2. The summed E-state index contributed by atoms with van der Waals surface area (Å²) in [5, 5.41) is 7.00. The van der Waals surface area contributed by atoms with E-state index < -0.39 is 10.0 Å². The van der Waals surface area contributed by atoms with Crippen molar-refractivity contribution in [2.45, 2.75) is 30.2 Å². The van der Waals surface area contributed by atoms with Crippen LogP contribution < -0.4 is 4.72 Å². The van der Waals surface area contributed by atoms with Crippen molar-refractivity contribution in [3.63, 3.8) is 0 Å². The number of nitrogens with one attached hydrogen (secondary N) is 1. The molecule has 1 amide bonds. The number of carbonyl (C=O) groups excluding carboxylic acids is 1. The molecule has 0 spiro atoms. The van der Waals surface area contributed by atoms with E-state index in [0.29, 0.717) is 10.7 Å². The van der Waals surface area contributed by atoms with Crippen molar-refractivity contribution in [2.24, 2.45) is 11.0 Å². The number of rotatable bonds is 6. The van der Waals surface area contributed by atoms with Crippen LogP contribution in [0.4, 0.5) is 5.69 Å². The van der Waals surface area contributed by atoms with Gasteiger partial charge in [-0.25, -0.2) is 13.4 Å². The Morgan fingerprint density at radius 1 is 0.902 bits per heavy atom. The fraction of sp³-hybridized carbons (Fsp3) is 0.152. The molecule has 1 heterocycles. The van der Waals surface area contributed by atoms with Gasteiger partial charge in [-0.1, -0.05) is 78.3 Å². The largest absolute Gasteiger partial charge is 0.280 e. The molecular formula is C33H28ClN3O3S. The number of anilines is 1. The molecule has 1 fully saturated rings. The molecule has 6 rings (SSSR count). The van der Waals surface area contributed by atoms with Crippen LogP contribution in [0, 0.1) is 5.92 Å². The van der Waals surface area contributed by atoms with Crippen LogP contribution in [0.15, 0.2) is 125 Å². The summed E-state index contributed by atoms with van der Waals surface area (Å²) in [5.41, 5.74) is 4.78. The van der Waals surface area contributed by atoms with Gasteiger partial charge in [-0.15, -0.1) is 0 Å². The number of hydrogen-bond acceptors (Lipinski definition) is 4. The number of hydrogen-bond donors (Lipinski definition) is 1. The molecule has 4 aromatic rings. The molecule has 0 saturated heterocycles. The lowest BCUT2D eigenvalue weighted by Gasteiger charge is -2.29. The quantitative estimate of drug-likeness (QED) is 0.255. The molecule has 41 heavy (non-hydrogen) atoms. The summed E-state index contributed by atoms with van der Waals surface area (Å²) in [5.74, 6) is -0.299. The number of sulfonamides is 1. The number of nitrogens with zero attached hydrogens (tertiary/aromatic N) is 2. The Morgan fingerprint density at radius 2 is 1.61 bits per heavy atom. The van der Waals surface area contributed by atoms with Crippen molar-refractivity contribution < 1.29 is 13.2 Å². The normalized spacial score (nSPS) is 19.5. The van der Waals surface area contributed by atoms with Crippen LogP contribution in [-0.2, 0) is 10.0 Å². The predicted octanol–water partition coefficient (Wildman–Crippen LogP) is 7.58. The Labute approximate surface area is 245 Å². The van der Waals surface area contributed by atoms with Gasteiger partial charge in [-0.05, 0) is 84.5 Å². The fourth-order valence-electron chi connectivity index (χ4n) is 5.56. The standard InChI is InChI=1S/C33H28ClN3O3S/c34-27-17-19-28(20-18-27)36-41(39,40)29-15-7-14-26(22-29)33(38)37-32(24-11-5-2-6-12-24)30-16-8-13-25(31(30)35-37)21-23-9-3-1-4-10-23/h1-7,9-12,14-15,17-22,30,32,36H,8,13,16H2/b25-21-/t30-,32-/m1/s1. The van der Waals surface area contributed by atoms with Gasteiger partial charge >= 0.3 is 0 Å². The first-order valence-electron chi connectivity index (χ1n) is 13.5. The maximum absolute atomic E-state index is 14.1. The van der Waals surface area contributed by atoms with E-state index in [9.17, 15) is 13.2 Å². The Bertz CT molecular complexity index is 1740. The number of halogens is 1. The number of benzene rings is 4. The van der Waals surface area contributed by atoms with Gasteiger partial charge in [-0.2, -0.15) is 5.10 Å². The van der Waals surface area contributed by atoms with Crippen molar-refractivity contribution in [3.05, 3.63) is 136 Å². The first-order chi connectivity index (χ1) is 19.9. The zero-order valence-electron chi connectivity index (χ0n) is 22.2. The monoisotopic (exact) mass is 581 g/mol. The van der Waals surface area contributed by atoms with E-state index in [1.165, 1.54) is 12.1 Å². The van der Waals surface area contributed by atoms with Gasteiger partial charge in [0, 0.05) is 22.2 Å². The molecule has 6 nitrogen and oxygen atoms in total. The van der Waals surface area contributed by atoms with Crippen LogP contribution in [-0.4, -0.2) is 25.0 Å². The smallest absolute Gasteiger partial charge is 0.274 e. The first-order valence-corrected chi connectivity index (χ1v) is 15.4. The average Bonchev–Trinajstić information content (AvgIpc) is 3.40. The molecule has 1 aliphatic heterocycles. The summed E-state index contributed by atoms with van der Waals surface area (Å²) in [6.45, 7) is 0. The summed E-state index contributed by atoms with van der Waals surface area (Å²) in [4.78, 5) is 14.1. The van der Waals surface area contributed by atoms with Crippen molar-refractivity contribution in [3.8, 4) is 0 Å². The molecule has 1 aliphatic carbocycles. The Morgan fingerprint density at radius 3 is 2.34 bits per heavy atom. The van der Waals surface area contributed by atoms with E-state index in [-0.39, 0.29) is 28.3 Å². The molecule has 2 aliphatic rings. The van der Waals surface area contributed by atoms with Gasteiger partial charge in [0.15, 0.2) is 0 Å². The van der Waals surface area contributed by atoms with Gasteiger partial charge in [-0.3, -0.25) is 9.52 Å². The van der Waals surface area contributed by atoms with Crippen molar-refractivity contribution in [1.29, 1.82) is 0 Å². The highest BCUT2D eigenvalue weighted by atomic mass is 35.5. The minimum absolute atomic E-state index is 0.0107. The van der Waals surface area contributed by atoms with Crippen LogP contribution in [0.25, 0.3) is 6.08 Å². The fourth-order valence-corrected chi connectivity index (χ4v) is 6.79. The van der Waals surface area contributed by atoms with Gasteiger partial charge < -0.3 is 0 Å². The summed E-state index contributed by atoms with van der Waals surface area (Å²) in [7, 11) is -3.94. The van der Waals surface area contributed by atoms with Crippen LogP contribution in [0.5, 0.6) is 0 Å². The molecule has 0 unspecified atom stereocenters. The lowest BCUT2D eigenvalue weighted by molar-refractivity contribution is 0.0680. The third-order valence-electron chi connectivity index (χ3n) is 7.48. The molecule has 8 heteroatoms. The van der Waals surface area contributed by atoms with Crippen molar-refractivity contribution in [2.75, 3.05) is 4.72 Å². The summed E-state index contributed by atoms with van der Waals surface area (Å²) >= 11 is 5.94. The van der Waals surface area contributed by atoms with Crippen LogP contribution >= 0.6 is 11.6 Å². The topological polar surface area (TPSA) is 78.8 Å². The van der Waals surface area contributed by atoms with Crippen molar-refractivity contribution >= 4 is 45.0 Å². The third kappa shape index (κ3) is 5.69. The highest BCUT2D eigenvalue weighted by Crippen LogP contribution is 2.45. The molecule has 0 bridgehead atoms. The summed E-state index contributed by atoms with van der Waals surface area (Å²) in [6.07, 6.45) is 4.96. The summed E-state index contributed by atoms with van der Waals surface area (Å²) in [6, 6.07) is 32.3. The van der Waals surface area contributed by atoms with Crippen LogP contribution in [0.3, 0.4) is 0 Å². The maximum Gasteiger partial charge on any atom is 0.274 e. The zero-order valence-corrected chi connectivity index (χ0v) is 23.7. The summed E-state index contributed by atoms with van der Waals surface area (Å²) < 4.78 is 28.9. The Balaban J connectivity index is 1.36. The zero-order chi connectivity index (χ0) is 28.4. The highest BCUT2D eigenvalue weighted by Gasteiger charge is 2.44. The maximum atomic E-state index is 14.1. The Kier molecular flexibility index (Phi) is 7.47. The molecule has 206 valence electrons. The molecule has 2 atom stereocenters. The number of amides is 1. The van der Waals surface area contributed by atoms with E-state index in [2.05, 4.69) is 22.9 Å². The highest BCUT2D eigenvalue weighted by molar-refractivity contribution is 7.92. The predicted molar refractivity (Wildman–Crippen MR) is 163 cm³/mol. The van der Waals surface area contributed by atoms with E-state index in [1.807, 2.05) is 48.5 Å². The van der Waals surface area contributed by atoms with E-state index in [4.69, 9.17) is 16.7 Å². The van der Waals surface area contributed by atoms with Gasteiger partial charge in [0.05, 0.1) is 16.6 Å². The molecule has 4 aromatic carbocycles. The lowest BCUT2D eigenvalue weighted by Crippen LogP contribution is -2.32. The van der Waals surface area contributed by atoms with E-state index in [1.54, 1.807) is 41.4 Å². The van der Waals surface area contributed by atoms with Gasteiger partial charge in [0.1, 0.15) is 0 Å². The SMILES string of the molecule is O=C(c1cccc(S(=O)(=O)Nc2ccc(Cl)cc2)c1)N1N=C2/C(=C\c3ccccc3)CCC[C@H]2[C@H]1c1ccccc1. The number of hydrazone groups is 1. The lowest BCUT2D eigenvalue weighted by atomic mass is 9.77. The van der Waals surface area contributed by atoms with Crippen LogP contribution in [0.2, 0.25) is 5.02 Å². The number of fused-ring (bicyclic) bond motifs is 1. The third-order valence-corrected chi connectivity index (χ3v) is 9.11. The first kappa shape index (κ1) is 27.0. The molecule has 0 aromatic heterocycles. The Hall–Kier alpha value is -4.20. The van der Waals surface area contributed by atoms with E-state index >= 15 is 0 Å². The van der Waals surface area contributed by atoms with Crippen molar-refractivity contribution in [1.82, 2.24) is 5.01 Å². The molecule has 0 radical (unpaired) electrons. The molecule has 1 saturated carbocycles. The molecule has 1 N–H and O–H groups in total. The minimum atomic E-state index is -3.94. The second kappa shape index (κ2) is 11.4. The number of carbonyl (C=O) groups is 1. The number of allylic oxidation sites excluding steroid dienone is 1. The average molecular weight is 582 g/mol. The van der Waals surface area contributed by atoms with E-state index in [0.717, 1.165) is 41.7 Å². The van der Waals surface area contributed by atoms with Gasteiger partial charge in [0.25, 0.3) is 15.9 Å². The van der Waals surface area contributed by atoms with Gasteiger partial charge in [0.2, 0.25) is 0 Å². The van der Waals surface area contributed by atoms with Crippen LogP contribution in [0.1, 0.15) is 46.8 Å². The second-order valence-corrected chi connectivity index (χ2v) is 12.3. The minimum Gasteiger partial charge on any atom is -0.280 e. The molecular weight excluding hydrogens is 554 g/mol.